The van der Waals surface area contributed by atoms with E-state index in [1.54, 1.807) is 32.4 Å². The van der Waals surface area contributed by atoms with E-state index in [4.69, 9.17) is 9.47 Å². The Morgan fingerprint density at radius 2 is 2.05 bits per heavy atom. The summed E-state index contributed by atoms with van der Waals surface area (Å²) in [5.74, 6) is 1.19. The summed E-state index contributed by atoms with van der Waals surface area (Å²) in [4.78, 5) is 12.3. The fourth-order valence-electron chi connectivity index (χ4n) is 1.88. The van der Waals surface area contributed by atoms with Crippen LogP contribution in [0.4, 0.5) is 0 Å². The maximum absolute atomic E-state index is 12.3. The number of carbonyl (C=O) groups is 1. The SMILES string of the molecule is COc1ccc(C(=O)Cn2cc[n+](C)c2)c(OC)c1.[Br-]. The number of rotatable bonds is 5. The van der Waals surface area contributed by atoms with Crippen LogP contribution in [-0.4, -0.2) is 24.6 Å². The van der Waals surface area contributed by atoms with Crippen LogP contribution < -0.4 is 31.0 Å². The lowest BCUT2D eigenvalue weighted by Gasteiger charge is -2.08. The van der Waals surface area contributed by atoms with Crippen molar-refractivity contribution in [3.63, 3.8) is 0 Å². The van der Waals surface area contributed by atoms with Gasteiger partial charge >= 0.3 is 0 Å². The minimum atomic E-state index is -0.00398. The van der Waals surface area contributed by atoms with Gasteiger partial charge < -0.3 is 26.5 Å². The predicted molar refractivity (Wildman–Crippen MR) is 69.5 cm³/mol. The average Bonchev–Trinajstić information content (AvgIpc) is 2.83. The van der Waals surface area contributed by atoms with Gasteiger partial charge in [-0.25, -0.2) is 9.13 Å². The van der Waals surface area contributed by atoms with Gasteiger partial charge in [-0.15, -0.1) is 0 Å². The highest BCUT2D eigenvalue weighted by molar-refractivity contribution is 5.98. The van der Waals surface area contributed by atoms with E-state index in [0.29, 0.717) is 17.1 Å². The van der Waals surface area contributed by atoms with Crippen LogP contribution in [0, 0.1) is 0 Å². The first-order chi connectivity index (χ1) is 9.13. The normalized spacial score (nSPS) is 9.75. The maximum Gasteiger partial charge on any atom is 0.243 e. The van der Waals surface area contributed by atoms with Crippen LogP contribution in [0.1, 0.15) is 10.4 Å². The van der Waals surface area contributed by atoms with Crippen molar-refractivity contribution in [1.29, 1.82) is 0 Å². The number of Topliss-reactive ketones (excluding diaryl/α,β-unsaturated/α-hetero) is 1. The van der Waals surface area contributed by atoms with Crippen LogP contribution in [0.5, 0.6) is 11.5 Å². The predicted octanol–water partition coefficient (Wildman–Crippen LogP) is -1.78. The Balaban J connectivity index is 0.00000200. The maximum atomic E-state index is 12.3. The molecule has 1 aromatic carbocycles. The third-order valence-electron chi connectivity index (χ3n) is 2.86. The van der Waals surface area contributed by atoms with Crippen LogP contribution in [-0.2, 0) is 13.6 Å². The van der Waals surface area contributed by atoms with E-state index in [1.165, 1.54) is 0 Å². The van der Waals surface area contributed by atoms with Crippen LogP contribution in [0.2, 0.25) is 0 Å². The molecule has 2 aromatic rings. The molecule has 0 radical (unpaired) electrons. The molecule has 0 N–H and O–H groups in total. The number of benzene rings is 1. The van der Waals surface area contributed by atoms with E-state index in [9.17, 15) is 4.79 Å². The van der Waals surface area contributed by atoms with Crippen molar-refractivity contribution in [3.8, 4) is 11.5 Å². The van der Waals surface area contributed by atoms with Gasteiger partial charge in [0.1, 0.15) is 23.9 Å². The number of aryl methyl sites for hydroxylation is 1. The molecule has 0 unspecified atom stereocenters. The van der Waals surface area contributed by atoms with E-state index in [2.05, 4.69) is 0 Å². The number of nitrogens with zero attached hydrogens (tertiary/aromatic N) is 2. The van der Waals surface area contributed by atoms with Gasteiger partial charge in [0.15, 0.2) is 6.54 Å². The van der Waals surface area contributed by atoms with Crippen molar-refractivity contribution in [2.75, 3.05) is 14.2 Å². The molecular weight excluding hydrogens is 324 g/mol. The van der Waals surface area contributed by atoms with Gasteiger partial charge in [0.25, 0.3) is 0 Å². The Morgan fingerprint density at radius 3 is 2.60 bits per heavy atom. The van der Waals surface area contributed by atoms with Gasteiger partial charge in [-0.1, -0.05) is 0 Å². The molecule has 0 amide bonds. The first-order valence-corrected chi connectivity index (χ1v) is 5.90. The molecule has 6 heteroatoms. The smallest absolute Gasteiger partial charge is 0.243 e. The topological polar surface area (TPSA) is 44.3 Å². The van der Waals surface area contributed by atoms with E-state index < -0.39 is 0 Å². The highest BCUT2D eigenvalue weighted by Gasteiger charge is 2.16. The van der Waals surface area contributed by atoms with Crippen molar-refractivity contribution in [2.45, 2.75) is 6.54 Å². The number of hydrogen-bond acceptors (Lipinski definition) is 3. The number of hydrogen-bond donors (Lipinski definition) is 0. The lowest BCUT2D eigenvalue weighted by Crippen LogP contribution is -3.00. The zero-order chi connectivity index (χ0) is 13.8. The van der Waals surface area contributed by atoms with E-state index in [1.807, 2.05) is 34.9 Å². The van der Waals surface area contributed by atoms with Crippen molar-refractivity contribution < 1.29 is 35.8 Å². The molecule has 0 saturated carbocycles. The van der Waals surface area contributed by atoms with E-state index in [0.717, 1.165) is 0 Å². The Hall–Kier alpha value is -1.82. The third-order valence-corrected chi connectivity index (χ3v) is 2.86. The molecule has 0 fully saturated rings. The molecule has 0 saturated heterocycles. The summed E-state index contributed by atoms with van der Waals surface area (Å²) in [5.41, 5.74) is 0.555. The number of ketones is 1. The molecule has 108 valence electrons. The lowest BCUT2D eigenvalue weighted by molar-refractivity contribution is -0.671. The highest BCUT2D eigenvalue weighted by atomic mass is 79.9. The van der Waals surface area contributed by atoms with Gasteiger partial charge in [0, 0.05) is 6.07 Å². The molecule has 0 atom stereocenters. The largest absolute Gasteiger partial charge is 1.00 e. The quantitative estimate of drug-likeness (QED) is 0.477. The molecule has 20 heavy (non-hydrogen) atoms. The second-order valence-corrected chi connectivity index (χ2v) is 4.24. The standard InChI is InChI=1S/C14H17N2O3.BrH/c1-15-6-7-16(10-15)9-13(17)12-5-4-11(18-2)8-14(12)19-3;/h4-8,10H,9H2,1-3H3;1H/q+1;/p-1. The summed E-state index contributed by atoms with van der Waals surface area (Å²) in [5, 5.41) is 0. The zero-order valence-electron chi connectivity index (χ0n) is 11.7. The monoisotopic (exact) mass is 340 g/mol. The summed E-state index contributed by atoms with van der Waals surface area (Å²) in [7, 11) is 5.03. The molecule has 0 spiro atoms. The summed E-state index contributed by atoms with van der Waals surface area (Å²) >= 11 is 0. The minimum Gasteiger partial charge on any atom is -1.00 e. The molecule has 5 nitrogen and oxygen atoms in total. The Bertz CT molecular complexity index is 596. The molecule has 0 aliphatic rings. The lowest BCUT2D eigenvalue weighted by atomic mass is 10.1. The van der Waals surface area contributed by atoms with Crippen LogP contribution in [0.15, 0.2) is 36.9 Å². The van der Waals surface area contributed by atoms with Gasteiger partial charge in [-0.2, -0.15) is 0 Å². The third kappa shape index (κ3) is 3.60. The van der Waals surface area contributed by atoms with Crippen molar-refractivity contribution >= 4 is 5.78 Å². The van der Waals surface area contributed by atoms with E-state index in [-0.39, 0.29) is 29.3 Å². The molecule has 0 aliphatic carbocycles. The molecule has 0 bridgehead atoms. The average molecular weight is 341 g/mol. The number of imidazole rings is 1. The second kappa shape index (κ2) is 7.09. The highest BCUT2D eigenvalue weighted by Crippen LogP contribution is 2.25. The Kier molecular flexibility index (Phi) is 5.76. The number of aromatic nitrogens is 2. The molecule has 0 aliphatic heterocycles. The number of carbonyl (C=O) groups excluding carboxylic acids is 1. The van der Waals surface area contributed by atoms with Gasteiger partial charge in [0.2, 0.25) is 12.1 Å². The first kappa shape index (κ1) is 16.2. The molecule has 2 rings (SSSR count). The van der Waals surface area contributed by atoms with Crippen molar-refractivity contribution in [3.05, 3.63) is 42.5 Å². The fourth-order valence-corrected chi connectivity index (χ4v) is 1.88. The van der Waals surface area contributed by atoms with Crippen LogP contribution in [0.25, 0.3) is 0 Å². The summed E-state index contributed by atoms with van der Waals surface area (Å²) in [6, 6.07) is 5.19. The van der Waals surface area contributed by atoms with Crippen LogP contribution >= 0.6 is 0 Å². The summed E-state index contributed by atoms with van der Waals surface area (Å²) in [6.07, 6.45) is 5.60. The molecule has 1 aromatic heterocycles. The molecule has 1 heterocycles. The number of methoxy groups -OCH3 is 2. The van der Waals surface area contributed by atoms with E-state index >= 15 is 0 Å². The number of halogens is 1. The van der Waals surface area contributed by atoms with Crippen molar-refractivity contribution in [1.82, 2.24) is 4.57 Å². The summed E-state index contributed by atoms with van der Waals surface area (Å²) in [6.45, 7) is 0.281. The fraction of sp³-hybridized carbons (Fsp3) is 0.286. The van der Waals surface area contributed by atoms with Crippen LogP contribution in [0.3, 0.4) is 0 Å². The zero-order valence-corrected chi connectivity index (χ0v) is 13.3. The van der Waals surface area contributed by atoms with Gasteiger partial charge in [-0.05, 0) is 12.1 Å². The Labute approximate surface area is 128 Å². The number of ether oxygens (including phenoxy) is 2. The van der Waals surface area contributed by atoms with Gasteiger partial charge in [0.05, 0.1) is 26.8 Å². The first-order valence-electron chi connectivity index (χ1n) is 5.90. The molecular formula is C14H17BrN2O3. The van der Waals surface area contributed by atoms with Crippen molar-refractivity contribution in [2.24, 2.45) is 7.05 Å². The minimum absolute atomic E-state index is 0. The second-order valence-electron chi connectivity index (χ2n) is 4.24. The van der Waals surface area contributed by atoms with Gasteiger partial charge in [-0.3, -0.25) is 4.79 Å². The Morgan fingerprint density at radius 1 is 1.30 bits per heavy atom. The summed E-state index contributed by atoms with van der Waals surface area (Å²) < 4.78 is 14.1.